The molecule has 1 atom stereocenters. The molecule has 4 N–H and O–H groups in total. The predicted octanol–water partition coefficient (Wildman–Crippen LogP) is 4.28. The van der Waals surface area contributed by atoms with Crippen molar-refractivity contribution in [1.82, 2.24) is 10.3 Å². The number of benzene rings is 2. The number of nitrogens with one attached hydrogen (secondary N) is 2. The molecule has 0 aliphatic carbocycles. The zero-order valence-electron chi connectivity index (χ0n) is 21.2. The number of aromatic hydroxyl groups is 2. The van der Waals surface area contributed by atoms with Crippen LogP contribution in [0.3, 0.4) is 0 Å². The summed E-state index contributed by atoms with van der Waals surface area (Å²) < 4.78 is 0. The Bertz CT molecular complexity index is 1670. The number of amides is 2. The van der Waals surface area contributed by atoms with E-state index in [0.717, 1.165) is 16.0 Å². The highest BCUT2D eigenvalue weighted by molar-refractivity contribution is 7.10. The molecule has 0 radical (unpaired) electrons. The Kier molecular flexibility index (Phi) is 6.88. The zero-order valence-corrected chi connectivity index (χ0v) is 22.0. The van der Waals surface area contributed by atoms with Gasteiger partial charge in [0, 0.05) is 40.0 Å². The van der Waals surface area contributed by atoms with Crippen LogP contribution in [0.1, 0.15) is 30.3 Å². The Labute approximate surface area is 231 Å². The first-order chi connectivity index (χ1) is 19.1. The lowest BCUT2D eigenvalue weighted by atomic mass is 9.94. The fourth-order valence-electron chi connectivity index (χ4n) is 4.29. The molecular formula is C27H22N6O6S. The van der Waals surface area contributed by atoms with Crippen molar-refractivity contribution >= 4 is 52.3 Å². The number of aliphatic imine (C=N–C) groups is 1. The molecule has 3 aromatic rings. The van der Waals surface area contributed by atoms with Crippen LogP contribution in [0.4, 0.5) is 11.4 Å². The van der Waals surface area contributed by atoms with Gasteiger partial charge in [-0.1, -0.05) is 12.1 Å². The number of hydrazone groups is 1. The van der Waals surface area contributed by atoms with E-state index in [1.165, 1.54) is 47.7 Å². The number of anilines is 1. The van der Waals surface area contributed by atoms with Gasteiger partial charge < -0.3 is 20.8 Å². The fraction of sp³-hybridized carbons (Fsp3) is 0.111. The monoisotopic (exact) mass is 558 g/mol. The highest BCUT2D eigenvalue weighted by atomic mass is 32.1. The van der Waals surface area contributed by atoms with Crippen LogP contribution in [-0.4, -0.2) is 43.6 Å². The van der Waals surface area contributed by atoms with Crippen LogP contribution in [0.5, 0.6) is 11.5 Å². The number of thiophene rings is 1. The van der Waals surface area contributed by atoms with E-state index in [1.807, 2.05) is 17.5 Å². The number of carbonyl (C=O) groups excluding carboxylic acids is 2. The Balaban J connectivity index is 1.52. The van der Waals surface area contributed by atoms with Gasteiger partial charge in [-0.2, -0.15) is 10.1 Å². The van der Waals surface area contributed by atoms with E-state index in [-0.39, 0.29) is 40.0 Å². The Morgan fingerprint density at radius 2 is 1.98 bits per heavy atom. The summed E-state index contributed by atoms with van der Waals surface area (Å²) in [4.78, 5) is 42.9. The van der Waals surface area contributed by atoms with Crippen LogP contribution in [0.2, 0.25) is 0 Å². The molecule has 202 valence electrons. The number of hydrogen-bond acceptors (Lipinski definition) is 10. The zero-order chi connectivity index (χ0) is 28.6. The second kappa shape index (κ2) is 10.5. The van der Waals surface area contributed by atoms with Gasteiger partial charge in [0.15, 0.2) is 0 Å². The third-order valence-corrected chi connectivity index (χ3v) is 7.01. The van der Waals surface area contributed by atoms with Crippen LogP contribution < -0.4 is 10.6 Å². The molecule has 13 heteroatoms. The molecule has 12 nitrogen and oxygen atoms in total. The van der Waals surface area contributed by atoms with Crippen molar-refractivity contribution in [3.63, 3.8) is 0 Å². The third-order valence-electron chi connectivity index (χ3n) is 6.19. The lowest BCUT2D eigenvalue weighted by Crippen LogP contribution is -2.43. The molecule has 2 aliphatic rings. The molecule has 1 aromatic heterocycles. The van der Waals surface area contributed by atoms with Gasteiger partial charge in [0.1, 0.15) is 17.5 Å². The van der Waals surface area contributed by atoms with Crippen molar-refractivity contribution in [2.24, 2.45) is 10.1 Å². The molecule has 3 heterocycles. The molecule has 2 aromatic carbocycles. The van der Waals surface area contributed by atoms with E-state index in [0.29, 0.717) is 17.0 Å². The number of nitrogens with zero attached hydrogens (tertiary/aromatic N) is 4. The number of hydrogen-bond donors (Lipinski definition) is 4. The first-order valence-electron chi connectivity index (χ1n) is 11.9. The van der Waals surface area contributed by atoms with Crippen molar-refractivity contribution in [2.45, 2.75) is 19.9 Å². The van der Waals surface area contributed by atoms with E-state index in [9.17, 15) is 29.9 Å². The van der Waals surface area contributed by atoms with Gasteiger partial charge in [0.2, 0.25) is 5.96 Å². The molecule has 40 heavy (non-hydrogen) atoms. The average Bonchev–Trinajstić information content (AvgIpc) is 3.52. The molecule has 5 rings (SSSR count). The van der Waals surface area contributed by atoms with Crippen LogP contribution in [-0.2, 0) is 9.59 Å². The van der Waals surface area contributed by atoms with Crippen LogP contribution >= 0.6 is 11.3 Å². The topological polar surface area (TPSA) is 170 Å². The third kappa shape index (κ3) is 5.05. The summed E-state index contributed by atoms with van der Waals surface area (Å²) >= 11 is 1.47. The smallest absolute Gasteiger partial charge is 0.283 e. The first kappa shape index (κ1) is 26.3. The standard InChI is InChI=1S/C27H22N6O6S/c1-14-21(13-19-7-4-10-40-19)26(37)32(31-14)27-28-15(2)23(24(30-27)20-9-8-18(34)12-22(20)35)25(36)29-16-5-3-6-17(11-16)33(38)39/h3-13,24,34-35H,1-2H3,(H,28,30)(H,29,36)/b21-13+. The van der Waals surface area contributed by atoms with Gasteiger partial charge >= 0.3 is 0 Å². The molecule has 0 fully saturated rings. The van der Waals surface area contributed by atoms with E-state index < -0.39 is 22.8 Å². The van der Waals surface area contributed by atoms with E-state index in [1.54, 1.807) is 19.9 Å². The number of non-ortho nitro benzene ring substituents is 1. The van der Waals surface area contributed by atoms with Gasteiger partial charge in [-0.15, -0.1) is 11.3 Å². The first-order valence-corrected chi connectivity index (χ1v) is 12.8. The van der Waals surface area contributed by atoms with Crippen molar-refractivity contribution in [3.8, 4) is 11.5 Å². The number of carbonyl (C=O) groups is 2. The summed E-state index contributed by atoms with van der Waals surface area (Å²) in [6.07, 6.45) is 1.74. The molecule has 0 spiro atoms. The van der Waals surface area contributed by atoms with Crippen molar-refractivity contribution in [1.29, 1.82) is 0 Å². The molecule has 0 bridgehead atoms. The number of phenolic OH excluding ortho intramolecular Hbond substituents is 2. The van der Waals surface area contributed by atoms with Crippen molar-refractivity contribution < 1.29 is 24.7 Å². The largest absolute Gasteiger partial charge is 0.508 e. The normalized spacial score (nSPS) is 17.9. The summed E-state index contributed by atoms with van der Waals surface area (Å²) in [6.45, 7) is 3.30. The molecular weight excluding hydrogens is 536 g/mol. The van der Waals surface area contributed by atoms with E-state index in [2.05, 4.69) is 20.7 Å². The number of nitro groups is 1. The highest BCUT2D eigenvalue weighted by Gasteiger charge is 2.37. The van der Waals surface area contributed by atoms with Crippen molar-refractivity contribution in [3.05, 3.63) is 97.4 Å². The minimum absolute atomic E-state index is 0.0285. The second-order valence-corrected chi connectivity index (χ2v) is 9.88. The van der Waals surface area contributed by atoms with Crippen LogP contribution in [0, 0.1) is 10.1 Å². The number of rotatable bonds is 5. The van der Waals surface area contributed by atoms with Crippen molar-refractivity contribution in [2.75, 3.05) is 5.32 Å². The van der Waals surface area contributed by atoms with Gasteiger partial charge in [-0.3, -0.25) is 19.7 Å². The average molecular weight is 559 g/mol. The molecule has 1 unspecified atom stereocenters. The Morgan fingerprint density at radius 3 is 2.67 bits per heavy atom. The predicted molar refractivity (Wildman–Crippen MR) is 150 cm³/mol. The summed E-state index contributed by atoms with van der Waals surface area (Å²) in [5.74, 6) is -1.56. The Hall–Kier alpha value is -5.30. The summed E-state index contributed by atoms with van der Waals surface area (Å²) in [6, 6.07) is 11.9. The maximum atomic E-state index is 13.5. The SMILES string of the molecule is CC1=NN(C2=NC(c3ccc(O)cc3O)C(C(=O)Nc3cccc([N+](=O)[O-])c3)=C(C)N2)C(=O)/C1=C/c1cccs1. The fourth-order valence-corrected chi connectivity index (χ4v) is 4.95. The lowest BCUT2D eigenvalue weighted by Gasteiger charge is -2.28. The van der Waals surface area contributed by atoms with Crippen LogP contribution in [0.15, 0.2) is 86.9 Å². The van der Waals surface area contributed by atoms with Crippen LogP contribution in [0.25, 0.3) is 6.08 Å². The lowest BCUT2D eigenvalue weighted by molar-refractivity contribution is -0.384. The summed E-state index contributed by atoms with van der Waals surface area (Å²) in [5, 5.41) is 44.6. The minimum Gasteiger partial charge on any atom is -0.508 e. The molecule has 0 saturated heterocycles. The molecule has 2 aliphatic heterocycles. The number of allylic oxidation sites excluding steroid dienone is 1. The number of phenols is 2. The molecule has 0 saturated carbocycles. The number of nitro benzene ring substituents is 1. The second-order valence-electron chi connectivity index (χ2n) is 8.90. The van der Waals surface area contributed by atoms with Gasteiger partial charge in [0.25, 0.3) is 17.5 Å². The maximum absolute atomic E-state index is 13.5. The summed E-state index contributed by atoms with van der Waals surface area (Å²) in [5.41, 5.74) is 1.41. The van der Waals surface area contributed by atoms with Gasteiger partial charge in [-0.25, -0.2) is 4.99 Å². The number of guanidine groups is 1. The van der Waals surface area contributed by atoms with Gasteiger partial charge in [-0.05, 0) is 49.6 Å². The van der Waals surface area contributed by atoms with Gasteiger partial charge in [0.05, 0.1) is 21.8 Å². The van der Waals surface area contributed by atoms with E-state index in [4.69, 9.17) is 0 Å². The summed E-state index contributed by atoms with van der Waals surface area (Å²) in [7, 11) is 0. The molecule has 2 amide bonds. The maximum Gasteiger partial charge on any atom is 0.283 e. The minimum atomic E-state index is -1.12. The Morgan fingerprint density at radius 1 is 1.18 bits per heavy atom. The van der Waals surface area contributed by atoms with E-state index >= 15 is 0 Å². The quantitative estimate of drug-likeness (QED) is 0.206. The highest BCUT2D eigenvalue weighted by Crippen LogP contribution is 2.38.